The molecule has 1 aliphatic heterocycles. The minimum Gasteiger partial charge on any atom is -0.481 e. The molecule has 0 unspecified atom stereocenters. The normalized spacial score (nSPS) is 19.0. The van der Waals surface area contributed by atoms with Crippen molar-refractivity contribution in [1.82, 2.24) is 24.6 Å². The Morgan fingerprint density at radius 2 is 1.90 bits per heavy atom. The highest BCUT2D eigenvalue weighted by Gasteiger charge is 2.40. The maximum Gasteiger partial charge on any atom is 0.213 e. The Kier molecular flexibility index (Phi) is 8.85. The zero-order chi connectivity index (χ0) is 28.9. The number of pyridine rings is 2. The molecule has 0 saturated carbocycles. The Morgan fingerprint density at radius 1 is 1.10 bits per heavy atom. The highest BCUT2D eigenvalue weighted by molar-refractivity contribution is 5.82. The number of hydrogen-bond acceptors (Lipinski definition) is 7. The third-order valence-corrected chi connectivity index (χ3v) is 8.10. The number of rotatable bonds is 11. The van der Waals surface area contributed by atoms with E-state index in [9.17, 15) is 9.18 Å². The summed E-state index contributed by atoms with van der Waals surface area (Å²) in [6, 6.07) is 17.1. The van der Waals surface area contributed by atoms with Crippen molar-refractivity contribution in [3.63, 3.8) is 0 Å². The second-order valence-corrected chi connectivity index (χ2v) is 10.6. The number of methoxy groups -OCH3 is 2. The van der Waals surface area contributed by atoms with E-state index in [0.717, 1.165) is 46.6 Å². The largest absolute Gasteiger partial charge is 0.481 e. The molecule has 4 heterocycles. The van der Waals surface area contributed by atoms with Crippen molar-refractivity contribution >= 4 is 5.78 Å². The van der Waals surface area contributed by atoms with E-state index in [1.54, 1.807) is 26.5 Å². The molecule has 3 atom stereocenters. The van der Waals surface area contributed by atoms with E-state index in [4.69, 9.17) is 14.6 Å². The number of ketones is 1. The van der Waals surface area contributed by atoms with Crippen LogP contribution in [0.2, 0.25) is 0 Å². The first kappa shape index (κ1) is 28.6. The number of aromatic nitrogens is 4. The Labute approximate surface area is 240 Å². The third-order valence-electron chi connectivity index (χ3n) is 8.10. The van der Waals surface area contributed by atoms with Crippen LogP contribution in [0.3, 0.4) is 0 Å². The smallest absolute Gasteiger partial charge is 0.213 e. The van der Waals surface area contributed by atoms with Gasteiger partial charge in [0.05, 0.1) is 24.2 Å². The molecule has 41 heavy (non-hydrogen) atoms. The van der Waals surface area contributed by atoms with E-state index < -0.39 is 5.95 Å². The van der Waals surface area contributed by atoms with Crippen LogP contribution >= 0.6 is 0 Å². The lowest BCUT2D eigenvalue weighted by atomic mass is 9.88. The van der Waals surface area contributed by atoms with E-state index in [-0.39, 0.29) is 30.2 Å². The maximum atomic E-state index is 14.1. The Balaban J connectivity index is 1.44. The van der Waals surface area contributed by atoms with Gasteiger partial charge in [0.15, 0.2) is 0 Å². The summed E-state index contributed by atoms with van der Waals surface area (Å²) >= 11 is 0. The van der Waals surface area contributed by atoms with Crippen LogP contribution in [0.4, 0.5) is 4.39 Å². The molecule has 3 aromatic heterocycles. The van der Waals surface area contributed by atoms with Crippen LogP contribution in [0.25, 0.3) is 16.9 Å². The van der Waals surface area contributed by atoms with Gasteiger partial charge in [-0.1, -0.05) is 18.2 Å². The van der Waals surface area contributed by atoms with E-state index in [1.165, 1.54) is 12.3 Å². The van der Waals surface area contributed by atoms with Crippen LogP contribution in [-0.2, 0) is 16.0 Å². The van der Waals surface area contributed by atoms with Gasteiger partial charge < -0.3 is 9.47 Å². The van der Waals surface area contributed by atoms with Crippen LogP contribution < -0.4 is 4.74 Å². The number of halogens is 1. The van der Waals surface area contributed by atoms with Gasteiger partial charge in [0.1, 0.15) is 5.78 Å². The Morgan fingerprint density at radius 3 is 2.59 bits per heavy atom. The fourth-order valence-electron chi connectivity index (χ4n) is 6.07. The fourth-order valence-corrected chi connectivity index (χ4v) is 6.07. The molecule has 1 aromatic carbocycles. The molecule has 214 valence electrons. The molecule has 0 N–H and O–H groups in total. The van der Waals surface area contributed by atoms with E-state index >= 15 is 0 Å². The lowest BCUT2D eigenvalue weighted by Crippen LogP contribution is -2.29. The Hall–Kier alpha value is -3.95. The first-order valence-electron chi connectivity index (χ1n) is 13.9. The van der Waals surface area contributed by atoms with Crippen molar-refractivity contribution in [2.75, 3.05) is 27.9 Å². The summed E-state index contributed by atoms with van der Waals surface area (Å²) < 4.78 is 26.5. The zero-order valence-corrected chi connectivity index (χ0v) is 24.0. The molecule has 0 bridgehead atoms. The van der Waals surface area contributed by atoms with Crippen LogP contribution in [0, 0.1) is 18.8 Å². The molecule has 0 aliphatic carbocycles. The van der Waals surface area contributed by atoms with Gasteiger partial charge in [-0.3, -0.25) is 9.69 Å². The summed E-state index contributed by atoms with van der Waals surface area (Å²) in [5.74, 6) is 0.173. The molecule has 0 radical (unpaired) electrons. The first-order chi connectivity index (χ1) is 19.9. The molecule has 0 amide bonds. The molecule has 1 aliphatic rings. The van der Waals surface area contributed by atoms with Gasteiger partial charge in [0.25, 0.3) is 0 Å². The topological polar surface area (TPSA) is 82.4 Å². The second-order valence-electron chi connectivity index (χ2n) is 10.6. The van der Waals surface area contributed by atoms with Gasteiger partial charge >= 0.3 is 0 Å². The Bertz CT molecular complexity index is 1470. The average molecular weight is 558 g/mol. The number of carbonyl (C=O) groups is 1. The monoisotopic (exact) mass is 557 g/mol. The third kappa shape index (κ3) is 6.21. The summed E-state index contributed by atoms with van der Waals surface area (Å²) in [4.78, 5) is 24.2. The number of likely N-dealkylation sites (tertiary alicyclic amines) is 1. The molecule has 0 spiro atoms. The highest BCUT2D eigenvalue weighted by atomic mass is 19.1. The van der Waals surface area contributed by atoms with E-state index in [1.807, 2.05) is 54.1 Å². The van der Waals surface area contributed by atoms with Crippen molar-refractivity contribution in [2.45, 2.75) is 44.7 Å². The molecular formula is C32H36FN5O3. The van der Waals surface area contributed by atoms with Crippen LogP contribution in [0.15, 0.2) is 67.0 Å². The van der Waals surface area contributed by atoms with E-state index in [2.05, 4.69) is 21.9 Å². The number of Topliss-reactive ketones (excluding diaryl/α,β-unsaturated/α-hetero) is 1. The van der Waals surface area contributed by atoms with Crippen molar-refractivity contribution in [3.8, 4) is 22.8 Å². The van der Waals surface area contributed by atoms with Crippen molar-refractivity contribution in [2.24, 2.45) is 5.92 Å². The van der Waals surface area contributed by atoms with Crippen LogP contribution in [0.1, 0.15) is 42.1 Å². The molecule has 1 saturated heterocycles. The lowest BCUT2D eigenvalue weighted by molar-refractivity contribution is -0.119. The molecule has 4 aromatic rings. The van der Waals surface area contributed by atoms with Gasteiger partial charge in [0.2, 0.25) is 11.8 Å². The second kappa shape index (κ2) is 12.7. The molecule has 8 nitrogen and oxygen atoms in total. The number of para-hydroxylation sites is 1. The van der Waals surface area contributed by atoms with Crippen LogP contribution in [-0.4, -0.2) is 64.3 Å². The minimum atomic E-state index is -0.510. The number of ether oxygens (including phenoxy) is 2. The predicted molar refractivity (Wildman–Crippen MR) is 154 cm³/mol. The number of benzene rings is 1. The average Bonchev–Trinajstić information content (AvgIpc) is 3.47. The molecule has 1 fully saturated rings. The summed E-state index contributed by atoms with van der Waals surface area (Å²) in [5, 5.41) is 4.93. The van der Waals surface area contributed by atoms with Crippen molar-refractivity contribution in [1.29, 1.82) is 0 Å². The van der Waals surface area contributed by atoms with Gasteiger partial charge in [-0.25, -0.2) is 14.6 Å². The highest BCUT2D eigenvalue weighted by Crippen LogP contribution is 2.43. The maximum absolute atomic E-state index is 14.1. The van der Waals surface area contributed by atoms with Crippen molar-refractivity contribution in [3.05, 3.63) is 89.8 Å². The summed E-state index contributed by atoms with van der Waals surface area (Å²) in [6.45, 7) is 2.63. The van der Waals surface area contributed by atoms with E-state index in [0.29, 0.717) is 18.9 Å². The quantitative estimate of drug-likeness (QED) is 0.229. The molecule has 9 heteroatoms. The summed E-state index contributed by atoms with van der Waals surface area (Å²) in [7, 11) is 5.33. The molecule has 5 rings (SSSR count). The van der Waals surface area contributed by atoms with Crippen molar-refractivity contribution < 1.29 is 18.7 Å². The van der Waals surface area contributed by atoms with Crippen LogP contribution in [0.5, 0.6) is 5.88 Å². The number of carbonyl (C=O) groups excluding carboxylic acids is 1. The summed E-state index contributed by atoms with van der Waals surface area (Å²) in [6.07, 6.45) is 5.53. The molecular weight excluding hydrogens is 521 g/mol. The standard InChI is InChI=1S/C32H36FN5O3/c1-21-28(38(25-8-6-5-7-9-25)36-31(21)23-10-11-30(41-4)35-20-23)19-27(39)17-24-16-26(13-15-40-3)37(2)32(24)22-12-14-34-29(33)18-22/h5-12,14,18,20,24,26,32H,13,15-17,19H2,1-4H3/t24-,26+,32-/m0/s1. The number of nitrogens with zero attached hydrogens (tertiary/aromatic N) is 5. The van der Waals surface area contributed by atoms with Gasteiger partial charge in [0, 0.05) is 62.7 Å². The van der Waals surface area contributed by atoms with Gasteiger partial charge in [-0.05, 0) is 74.2 Å². The number of hydrogen-bond donors (Lipinski definition) is 0. The minimum absolute atomic E-state index is 0.0369. The van der Waals surface area contributed by atoms with Gasteiger partial charge in [-0.15, -0.1) is 0 Å². The predicted octanol–water partition coefficient (Wildman–Crippen LogP) is 5.39. The first-order valence-corrected chi connectivity index (χ1v) is 13.9. The summed E-state index contributed by atoms with van der Waals surface area (Å²) in [5.41, 5.74) is 5.14. The van der Waals surface area contributed by atoms with Gasteiger partial charge in [-0.2, -0.15) is 9.49 Å². The fraction of sp³-hybridized carbons (Fsp3) is 0.375. The zero-order valence-electron chi connectivity index (χ0n) is 24.0. The SMILES string of the molecule is COCC[C@@H]1C[C@@H](CC(=O)Cc2c(C)c(-c3ccc(OC)nc3)nn2-c2ccccc2)[C@H](c2ccnc(F)c2)N1C. The lowest BCUT2D eigenvalue weighted by Gasteiger charge is -2.28.